The molecule has 0 radical (unpaired) electrons. The number of hydrogen-bond acceptors (Lipinski definition) is 6. The molecule has 9 heteroatoms. The van der Waals surface area contributed by atoms with Crippen molar-refractivity contribution in [2.24, 2.45) is 0 Å². The second-order valence-corrected chi connectivity index (χ2v) is 7.18. The van der Waals surface area contributed by atoms with Crippen molar-refractivity contribution in [1.82, 2.24) is 4.90 Å². The van der Waals surface area contributed by atoms with E-state index in [1.54, 1.807) is 12.1 Å². The lowest BCUT2D eigenvalue weighted by atomic mass is 10.1. The summed E-state index contributed by atoms with van der Waals surface area (Å²) >= 11 is 0. The minimum atomic E-state index is -0.938. The number of imide groups is 1. The largest absolute Gasteiger partial charge is 0.442 e. The fourth-order valence-corrected chi connectivity index (χ4v) is 3.73. The molecule has 31 heavy (non-hydrogen) atoms. The molecule has 0 saturated carbocycles. The SMILES string of the molecule is [2H]c1c([2H])c(N2C[C@H](CN3C(=O)c4ccccc4C3=O)OC2=O)c([2H])c([2H])c1N1CCOCC1=O. The molecule has 2 aromatic rings. The average Bonchev–Trinajstić information content (AvgIpc) is 3.32. The summed E-state index contributed by atoms with van der Waals surface area (Å²) in [7, 11) is 0. The van der Waals surface area contributed by atoms with Gasteiger partial charge >= 0.3 is 6.09 Å². The van der Waals surface area contributed by atoms with E-state index in [0.717, 1.165) is 14.7 Å². The number of benzene rings is 2. The lowest BCUT2D eigenvalue weighted by molar-refractivity contribution is -0.125. The minimum absolute atomic E-state index is 0.0724. The Morgan fingerprint density at radius 3 is 2.16 bits per heavy atom. The van der Waals surface area contributed by atoms with Crippen LogP contribution in [0.2, 0.25) is 0 Å². The first-order valence-electron chi connectivity index (χ1n) is 11.6. The van der Waals surface area contributed by atoms with E-state index in [-0.39, 0.29) is 55.3 Å². The molecule has 9 nitrogen and oxygen atoms in total. The maximum Gasteiger partial charge on any atom is 0.414 e. The molecule has 0 unspecified atom stereocenters. The van der Waals surface area contributed by atoms with Crippen LogP contribution in [0.1, 0.15) is 26.2 Å². The third kappa shape index (κ3) is 3.32. The van der Waals surface area contributed by atoms with Crippen LogP contribution in [0.3, 0.4) is 0 Å². The van der Waals surface area contributed by atoms with Gasteiger partial charge < -0.3 is 14.4 Å². The van der Waals surface area contributed by atoms with Crippen molar-refractivity contribution in [3.05, 3.63) is 59.6 Å². The summed E-state index contributed by atoms with van der Waals surface area (Å²) < 4.78 is 44.0. The van der Waals surface area contributed by atoms with Crippen LogP contribution in [0, 0.1) is 0 Å². The topological polar surface area (TPSA) is 96.5 Å². The molecular formula is C22H19N3O6. The summed E-state index contributed by atoms with van der Waals surface area (Å²) in [5.74, 6) is -1.51. The number of cyclic esters (lactones) is 1. The molecule has 3 aliphatic heterocycles. The van der Waals surface area contributed by atoms with Crippen molar-refractivity contribution in [3.63, 3.8) is 0 Å². The third-order valence-electron chi connectivity index (χ3n) is 5.26. The highest BCUT2D eigenvalue weighted by molar-refractivity contribution is 6.21. The van der Waals surface area contributed by atoms with Crippen LogP contribution in [0.15, 0.2) is 48.4 Å². The Labute approximate surface area is 183 Å². The van der Waals surface area contributed by atoms with E-state index in [9.17, 15) is 19.2 Å². The van der Waals surface area contributed by atoms with Gasteiger partial charge in [-0.2, -0.15) is 0 Å². The highest BCUT2D eigenvalue weighted by atomic mass is 16.6. The first kappa shape index (κ1) is 15.1. The molecule has 1 atom stereocenters. The maximum absolute atomic E-state index is 12.7. The van der Waals surface area contributed by atoms with Crippen LogP contribution in [0.4, 0.5) is 16.2 Å². The van der Waals surface area contributed by atoms with E-state index in [4.69, 9.17) is 15.0 Å². The maximum atomic E-state index is 12.7. The van der Waals surface area contributed by atoms with Gasteiger partial charge in [0.25, 0.3) is 17.7 Å². The van der Waals surface area contributed by atoms with Crippen LogP contribution in [-0.2, 0) is 14.3 Å². The van der Waals surface area contributed by atoms with E-state index in [2.05, 4.69) is 0 Å². The van der Waals surface area contributed by atoms with Gasteiger partial charge in [0, 0.05) is 17.9 Å². The first-order chi connectivity index (χ1) is 16.7. The molecule has 2 saturated heterocycles. The van der Waals surface area contributed by atoms with Crippen molar-refractivity contribution in [1.29, 1.82) is 0 Å². The monoisotopic (exact) mass is 425 g/mol. The predicted molar refractivity (Wildman–Crippen MR) is 109 cm³/mol. The summed E-state index contributed by atoms with van der Waals surface area (Å²) in [6, 6.07) is 4.36. The fraction of sp³-hybridized carbons (Fsp3) is 0.273. The Morgan fingerprint density at radius 2 is 1.55 bits per heavy atom. The average molecular weight is 425 g/mol. The zero-order chi connectivity index (χ0) is 25.0. The third-order valence-corrected chi connectivity index (χ3v) is 5.26. The number of ether oxygens (including phenoxy) is 2. The van der Waals surface area contributed by atoms with Gasteiger partial charge in [0.2, 0.25) is 0 Å². The van der Waals surface area contributed by atoms with E-state index in [1.165, 1.54) is 12.1 Å². The Morgan fingerprint density at radius 1 is 0.935 bits per heavy atom. The van der Waals surface area contributed by atoms with Crippen LogP contribution in [-0.4, -0.2) is 67.7 Å². The Kier molecular flexibility index (Phi) is 3.67. The van der Waals surface area contributed by atoms with Gasteiger partial charge in [-0.05, 0) is 36.3 Å². The minimum Gasteiger partial charge on any atom is -0.442 e. The predicted octanol–water partition coefficient (Wildman–Crippen LogP) is 1.67. The first-order valence-corrected chi connectivity index (χ1v) is 9.62. The Bertz CT molecular complexity index is 1240. The van der Waals surface area contributed by atoms with Gasteiger partial charge in [0.1, 0.15) is 12.7 Å². The molecule has 5 rings (SSSR count). The van der Waals surface area contributed by atoms with Gasteiger partial charge in [-0.15, -0.1) is 0 Å². The van der Waals surface area contributed by atoms with Gasteiger partial charge in [0.05, 0.1) is 36.3 Å². The van der Waals surface area contributed by atoms with Crippen LogP contribution in [0.25, 0.3) is 0 Å². The molecule has 2 aromatic carbocycles. The van der Waals surface area contributed by atoms with Crippen LogP contribution in [0.5, 0.6) is 0 Å². The molecule has 0 bridgehead atoms. The Hall–Kier alpha value is -3.72. The smallest absolute Gasteiger partial charge is 0.414 e. The summed E-state index contributed by atoms with van der Waals surface area (Å²) in [5.41, 5.74) is 0.0181. The Balaban J connectivity index is 1.41. The molecule has 0 aromatic heterocycles. The quantitative estimate of drug-likeness (QED) is 0.692. The fourth-order valence-electron chi connectivity index (χ4n) is 3.73. The number of fused-ring (bicyclic) bond motifs is 1. The van der Waals surface area contributed by atoms with E-state index in [1.807, 2.05) is 0 Å². The molecular weight excluding hydrogens is 402 g/mol. The van der Waals surface area contributed by atoms with Crippen molar-refractivity contribution < 1.29 is 34.1 Å². The second kappa shape index (κ2) is 7.51. The molecule has 3 aliphatic rings. The molecule has 3 heterocycles. The van der Waals surface area contributed by atoms with Gasteiger partial charge in [0.15, 0.2) is 0 Å². The molecule has 2 fully saturated rings. The summed E-state index contributed by atoms with van der Waals surface area (Å²) in [5, 5.41) is 0. The van der Waals surface area contributed by atoms with Gasteiger partial charge in [-0.1, -0.05) is 12.1 Å². The molecule has 4 amide bonds. The molecule has 0 aliphatic carbocycles. The number of hydrogen-bond donors (Lipinski definition) is 0. The molecule has 0 spiro atoms. The van der Waals surface area contributed by atoms with E-state index < -0.39 is 54.1 Å². The molecule has 158 valence electrons. The highest BCUT2D eigenvalue weighted by Gasteiger charge is 2.40. The standard InChI is InChI=1S/C22H19N3O6/c26-19-13-30-10-9-23(19)14-5-7-15(8-6-14)24-11-16(31-22(24)29)12-25-20(27)17-3-1-2-4-18(17)21(25)28/h1-8,16H,9-13H2/t16-/m1/s1/i5D,6D,7D,8D. The number of nitrogens with zero attached hydrogens (tertiary/aromatic N) is 3. The van der Waals surface area contributed by atoms with Gasteiger partial charge in [-0.3, -0.25) is 24.2 Å². The number of anilines is 2. The summed E-state index contributed by atoms with van der Waals surface area (Å²) in [4.78, 5) is 53.2. The summed E-state index contributed by atoms with van der Waals surface area (Å²) in [6.07, 6.45) is -1.87. The molecule has 0 N–H and O–H groups in total. The zero-order valence-corrected chi connectivity index (χ0v) is 16.2. The lowest BCUT2D eigenvalue weighted by Gasteiger charge is -2.27. The highest BCUT2D eigenvalue weighted by Crippen LogP contribution is 2.28. The number of carbonyl (C=O) groups is 4. The van der Waals surface area contributed by atoms with Crippen molar-refractivity contribution in [3.8, 4) is 0 Å². The van der Waals surface area contributed by atoms with Crippen molar-refractivity contribution >= 4 is 35.2 Å². The van der Waals surface area contributed by atoms with Gasteiger partial charge in [-0.25, -0.2) is 4.79 Å². The number of amides is 4. The number of carbonyl (C=O) groups excluding carboxylic acids is 4. The van der Waals surface area contributed by atoms with Crippen LogP contribution < -0.4 is 9.80 Å². The van der Waals surface area contributed by atoms with Crippen molar-refractivity contribution in [2.75, 3.05) is 42.6 Å². The van der Waals surface area contributed by atoms with Crippen molar-refractivity contribution in [2.45, 2.75) is 6.10 Å². The normalized spacial score (nSPS) is 22.8. The zero-order valence-electron chi connectivity index (χ0n) is 20.2. The van der Waals surface area contributed by atoms with E-state index in [0.29, 0.717) is 0 Å². The number of rotatable bonds is 4. The number of morpholine rings is 1. The van der Waals surface area contributed by atoms with E-state index >= 15 is 0 Å². The second-order valence-electron chi connectivity index (χ2n) is 7.18. The van der Waals surface area contributed by atoms with Crippen LogP contribution >= 0.6 is 0 Å². The lowest BCUT2D eigenvalue weighted by Crippen LogP contribution is -2.41. The summed E-state index contributed by atoms with van der Waals surface area (Å²) in [6.45, 7) is -0.400.